The van der Waals surface area contributed by atoms with Crippen molar-refractivity contribution in [3.8, 4) is 0 Å². The van der Waals surface area contributed by atoms with Gasteiger partial charge < -0.3 is 5.32 Å². The normalized spacial score (nSPS) is 14.2. The molecule has 2 heterocycles. The molecule has 0 unspecified atom stereocenters. The maximum absolute atomic E-state index is 13.7. The first kappa shape index (κ1) is 21.4. The molecular formula is C21H21FN4O3S2. The molecule has 0 fully saturated rings. The number of benzene rings is 2. The second-order valence-electron chi connectivity index (χ2n) is 7.33. The predicted octanol–water partition coefficient (Wildman–Crippen LogP) is 4.29. The highest BCUT2D eigenvalue weighted by Crippen LogP contribution is 2.31. The zero-order chi connectivity index (χ0) is 22.2. The van der Waals surface area contributed by atoms with Crippen LogP contribution in [0.25, 0.3) is 0 Å². The number of aromatic nitrogens is 1. The summed E-state index contributed by atoms with van der Waals surface area (Å²) in [6.07, 6.45) is 0.462. The number of amides is 2. The molecule has 0 radical (unpaired) electrons. The molecule has 31 heavy (non-hydrogen) atoms. The third kappa shape index (κ3) is 4.60. The van der Waals surface area contributed by atoms with Crippen LogP contribution in [0.4, 0.5) is 20.0 Å². The summed E-state index contributed by atoms with van der Waals surface area (Å²) in [6.45, 7) is 4.07. The van der Waals surface area contributed by atoms with E-state index in [1.165, 1.54) is 21.7 Å². The number of nitrogens with one attached hydrogen (secondary N) is 2. The lowest BCUT2D eigenvalue weighted by atomic mass is 10.2. The highest BCUT2D eigenvalue weighted by atomic mass is 32.2. The summed E-state index contributed by atoms with van der Waals surface area (Å²) in [5.74, 6) is -0.405. The first-order valence-electron chi connectivity index (χ1n) is 9.62. The quantitative estimate of drug-likeness (QED) is 0.608. The van der Waals surface area contributed by atoms with E-state index in [1.807, 2.05) is 6.92 Å². The first-order valence-corrected chi connectivity index (χ1v) is 11.9. The lowest BCUT2D eigenvalue weighted by molar-refractivity contribution is 0.262. The van der Waals surface area contributed by atoms with Crippen molar-refractivity contribution in [3.63, 3.8) is 0 Å². The van der Waals surface area contributed by atoms with Gasteiger partial charge in [0.1, 0.15) is 5.82 Å². The second kappa shape index (κ2) is 8.37. The number of nitrogens with zero attached hydrogens (tertiary/aromatic N) is 2. The van der Waals surface area contributed by atoms with Gasteiger partial charge in [-0.1, -0.05) is 35.1 Å². The Morgan fingerprint density at radius 1 is 1.13 bits per heavy atom. The summed E-state index contributed by atoms with van der Waals surface area (Å²) >= 11 is 1.23. The number of rotatable bonds is 4. The molecule has 0 saturated heterocycles. The number of carbonyl (C=O) groups is 1. The van der Waals surface area contributed by atoms with Gasteiger partial charge in [0.15, 0.2) is 5.13 Å². The van der Waals surface area contributed by atoms with Gasteiger partial charge in [0.2, 0.25) is 10.0 Å². The number of hydrogen-bond donors (Lipinski definition) is 2. The van der Waals surface area contributed by atoms with Crippen molar-refractivity contribution in [2.45, 2.75) is 31.7 Å². The molecule has 2 amide bonds. The summed E-state index contributed by atoms with van der Waals surface area (Å²) in [5, 5.41) is 5.57. The third-order valence-corrected chi connectivity index (χ3v) is 7.86. The van der Waals surface area contributed by atoms with Crippen LogP contribution in [0.15, 0.2) is 47.4 Å². The van der Waals surface area contributed by atoms with Gasteiger partial charge in [-0.25, -0.2) is 22.6 Å². The fourth-order valence-electron chi connectivity index (χ4n) is 3.22. The summed E-state index contributed by atoms with van der Waals surface area (Å²) in [5.41, 5.74) is 2.59. The average Bonchev–Trinajstić information content (AvgIpc) is 3.12. The summed E-state index contributed by atoms with van der Waals surface area (Å²) in [4.78, 5) is 17.7. The number of anilines is 2. The van der Waals surface area contributed by atoms with Crippen LogP contribution in [-0.2, 0) is 23.0 Å². The van der Waals surface area contributed by atoms with Crippen molar-refractivity contribution < 1.29 is 17.6 Å². The number of thiazole rings is 1. The molecule has 1 aliphatic rings. The fourth-order valence-corrected chi connectivity index (χ4v) is 5.73. The minimum atomic E-state index is -3.61. The summed E-state index contributed by atoms with van der Waals surface area (Å²) < 4.78 is 41.0. The van der Waals surface area contributed by atoms with Crippen molar-refractivity contribution >= 4 is 38.2 Å². The molecule has 0 atom stereocenters. The van der Waals surface area contributed by atoms with E-state index in [0.717, 1.165) is 16.1 Å². The van der Waals surface area contributed by atoms with Gasteiger partial charge in [-0.2, -0.15) is 4.31 Å². The van der Waals surface area contributed by atoms with E-state index in [9.17, 15) is 17.6 Å². The van der Waals surface area contributed by atoms with Gasteiger partial charge >= 0.3 is 6.03 Å². The van der Waals surface area contributed by atoms with E-state index >= 15 is 0 Å². The number of aryl methyl sites for hydroxylation is 2. The molecule has 0 bridgehead atoms. The average molecular weight is 461 g/mol. The van der Waals surface area contributed by atoms with Crippen LogP contribution in [0.2, 0.25) is 0 Å². The van der Waals surface area contributed by atoms with Crippen LogP contribution >= 0.6 is 11.3 Å². The molecule has 0 aliphatic carbocycles. The van der Waals surface area contributed by atoms with Crippen LogP contribution in [0.1, 0.15) is 21.7 Å². The van der Waals surface area contributed by atoms with Gasteiger partial charge in [0, 0.05) is 23.5 Å². The Labute approximate surface area is 184 Å². The number of hydrogen-bond acceptors (Lipinski definition) is 5. The van der Waals surface area contributed by atoms with Crippen molar-refractivity contribution in [1.29, 1.82) is 0 Å². The van der Waals surface area contributed by atoms with E-state index in [4.69, 9.17) is 0 Å². The van der Waals surface area contributed by atoms with E-state index in [0.29, 0.717) is 29.3 Å². The van der Waals surface area contributed by atoms with Gasteiger partial charge in [-0.15, -0.1) is 0 Å². The predicted molar refractivity (Wildman–Crippen MR) is 118 cm³/mol. The van der Waals surface area contributed by atoms with E-state index in [2.05, 4.69) is 15.6 Å². The Kier molecular flexibility index (Phi) is 5.78. The maximum Gasteiger partial charge on any atom is 0.325 e. The number of sulfonamides is 1. The molecule has 2 aromatic carbocycles. The van der Waals surface area contributed by atoms with Gasteiger partial charge in [0.25, 0.3) is 0 Å². The van der Waals surface area contributed by atoms with Crippen LogP contribution in [0.3, 0.4) is 0 Å². The Morgan fingerprint density at radius 3 is 2.58 bits per heavy atom. The van der Waals surface area contributed by atoms with Crippen LogP contribution in [0.5, 0.6) is 0 Å². The van der Waals surface area contributed by atoms with Crippen LogP contribution in [-0.4, -0.2) is 30.3 Å². The molecule has 4 rings (SSSR count). The molecular weight excluding hydrogens is 439 g/mol. The largest absolute Gasteiger partial charge is 0.325 e. The molecule has 1 aliphatic heterocycles. The zero-order valence-corrected chi connectivity index (χ0v) is 18.6. The van der Waals surface area contributed by atoms with E-state index < -0.39 is 21.9 Å². The molecule has 0 spiro atoms. The van der Waals surface area contributed by atoms with Crippen molar-refractivity contribution in [2.24, 2.45) is 0 Å². The van der Waals surface area contributed by atoms with Gasteiger partial charge in [-0.05, 0) is 43.7 Å². The summed E-state index contributed by atoms with van der Waals surface area (Å²) in [6, 6.07) is 10.7. The molecule has 10 heteroatoms. The minimum absolute atomic E-state index is 0.204. The Bertz CT molecular complexity index is 1240. The Morgan fingerprint density at radius 2 is 1.87 bits per heavy atom. The van der Waals surface area contributed by atoms with Gasteiger partial charge in [-0.3, -0.25) is 5.32 Å². The van der Waals surface area contributed by atoms with E-state index in [-0.39, 0.29) is 11.4 Å². The lowest BCUT2D eigenvalue weighted by Gasteiger charge is -2.25. The van der Waals surface area contributed by atoms with Crippen molar-refractivity contribution in [2.75, 3.05) is 17.2 Å². The SMILES string of the molecule is Cc1ccc(S(=O)(=O)N2CCc3nc(NC(=O)Nc4ccc(C)c(F)c4)sc3C2)cc1. The standard InChI is InChI=1S/C21H21FN4O3S2/c1-13-3-7-16(8-4-13)31(28,29)26-10-9-18-19(12-26)30-21(24-18)25-20(27)23-15-6-5-14(2)17(22)11-15/h3-8,11H,9-10,12H2,1-2H3,(H2,23,24,25,27). The highest BCUT2D eigenvalue weighted by molar-refractivity contribution is 7.89. The zero-order valence-electron chi connectivity index (χ0n) is 17.0. The molecule has 3 aromatic rings. The molecule has 2 N–H and O–H groups in total. The smallest absolute Gasteiger partial charge is 0.308 e. The lowest BCUT2D eigenvalue weighted by Crippen LogP contribution is -2.35. The molecule has 0 saturated carbocycles. The number of halogens is 1. The molecule has 7 nitrogen and oxygen atoms in total. The first-order chi connectivity index (χ1) is 14.7. The molecule has 162 valence electrons. The number of fused-ring (bicyclic) bond motifs is 1. The fraction of sp³-hybridized carbons (Fsp3) is 0.238. The van der Waals surface area contributed by atoms with Crippen LogP contribution in [0, 0.1) is 19.7 Å². The van der Waals surface area contributed by atoms with Crippen LogP contribution < -0.4 is 10.6 Å². The number of carbonyl (C=O) groups excluding carboxylic acids is 1. The molecule has 1 aromatic heterocycles. The number of urea groups is 1. The van der Waals surface area contributed by atoms with Crippen molar-refractivity contribution in [3.05, 3.63) is 70.0 Å². The minimum Gasteiger partial charge on any atom is -0.308 e. The maximum atomic E-state index is 13.7. The third-order valence-electron chi connectivity index (χ3n) is 5.01. The van der Waals surface area contributed by atoms with Gasteiger partial charge in [0.05, 0.1) is 17.1 Å². The van der Waals surface area contributed by atoms with E-state index in [1.54, 1.807) is 43.3 Å². The summed E-state index contributed by atoms with van der Waals surface area (Å²) in [7, 11) is -3.61. The second-order valence-corrected chi connectivity index (χ2v) is 10.4. The highest BCUT2D eigenvalue weighted by Gasteiger charge is 2.30. The monoisotopic (exact) mass is 460 g/mol. The Balaban J connectivity index is 1.45. The topological polar surface area (TPSA) is 91.4 Å². The van der Waals surface area contributed by atoms with Crippen molar-refractivity contribution in [1.82, 2.24) is 9.29 Å². The Hall–Kier alpha value is -2.82.